The van der Waals surface area contributed by atoms with Gasteiger partial charge >= 0.3 is 0 Å². The fraction of sp³-hybridized carbons (Fsp3) is 0.412. The van der Waals surface area contributed by atoms with Crippen LogP contribution in [-0.4, -0.2) is 16.9 Å². The van der Waals surface area contributed by atoms with Gasteiger partial charge < -0.3 is 11.1 Å². The Morgan fingerprint density at radius 1 is 1.24 bits per heavy atom. The van der Waals surface area contributed by atoms with E-state index in [0.717, 1.165) is 23.7 Å². The van der Waals surface area contributed by atoms with Crippen LogP contribution in [-0.2, 0) is 0 Å². The Balaban J connectivity index is 2.19. The molecule has 0 aliphatic rings. The third-order valence-corrected chi connectivity index (χ3v) is 3.54. The molecule has 1 amide bonds. The Morgan fingerprint density at radius 3 is 2.67 bits per heavy atom. The lowest BCUT2D eigenvalue weighted by Crippen LogP contribution is -2.33. The smallest absolute Gasteiger partial charge is 0.252 e. The summed E-state index contributed by atoms with van der Waals surface area (Å²) in [4.78, 5) is 16.7. The van der Waals surface area contributed by atoms with E-state index >= 15 is 0 Å². The number of nitrogens with zero attached hydrogens (tertiary/aromatic N) is 1. The molecule has 0 radical (unpaired) electrons. The van der Waals surface area contributed by atoms with Gasteiger partial charge in [0.15, 0.2) is 0 Å². The van der Waals surface area contributed by atoms with E-state index in [-0.39, 0.29) is 11.9 Å². The number of nitrogens with one attached hydrogen (secondary N) is 1. The number of hydrogen-bond donors (Lipinski definition) is 2. The highest BCUT2D eigenvalue weighted by Gasteiger charge is 2.14. The van der Waals surface area contributed by atoms with E-state index in [0.29, 0.717) is 17.3 Å². The molecule has 0 aliphatic carbocycles. The van der Waals surface area contributed by atoms with Gasteiger partial charge in [-0.2, -0.15) is 0 Å². The molecule has 1 aromatic heterocycles. The van der Waals surface area contributed by atoms with Gasteiger partial charge in [0.2, 0.25) is 0 Å². The van der Waals surface area contributed by atoms with E-state index in [1.165, 1.54) is 0 Å². The van der Waals surface area contributed by atoms with Gasteiger partial charge in [0.05, 0.1) is 11.1 Å². The maximum absolute atomic E-state index is 12.5. The molecule has 0 fully saturated rings. The van der Waals surface area contributed by atoms with Gasteiger partial charge in [0, 0.05) is 11.4 Å². The normalized spacial score (nSPS) is 12.6. The molecule has 4 nitrogen and oxygen atoms in total. The number of nitrogen functional groups attached to an aromatic ring is 1. The van der Waals surface area contributed by atoms with Gasteiger partial charge in [-0.15, -0.1) is 0 Å². The van der Waals surface area contributed by atoms with E-state index in [1.807, 2.05) is 31.2 Å². The highest BCUT2D eigenvalue weighted by Crippen LogP contribution is 2.19. The maximum atomic E-state index is 12.5. The van der Waals surface area contributed by atoms with Gasteiger partial charge in [-0.1, -0.05) is 32.0 Å². The number of carbonyl (C=O) groups excluding carboxylic acids is 1. The zero-order valence-electron chi connectivity index (χ0n) is 12.9. The van der Waals surface area contributed by atoms with Crippen LogP contribution >= 0.6 is 0 Å². The predicted octanol–water partition coefficient (Wildman–Crippen LogP) is 3.37. The molecule has 1 aromatic carbocycles. The summed E-state index contributed by atoms with van der Waals surface area (Å²) in [6.07, 6.45) is 2.07. The van der Waals surface area contributed by atoms with E-state index in [9.17, 15) is 4.79 Å². The Labute approximate surface area is 125 Å². The van der Waals surface area contributed by atoms with Crippen LogP contribution in [0.15, 0.2) is 30.3 Å². The molecule has 1 atom stereocenters. The molecule has 112 valence electrons. The molecule has 3 N–H and O–H groups in total. The van der Waals surface area contributed by atoms with E-state index in [2.05, 4.69) is 24.1 Å². The van der Waals surface area contributed by atoms with Crippen LogP contribution in [0.4, 0.5) is 5.82 Å². The van der Waals surface area contributed by atoms with E-state index in [1.54, 1.807) is 6.07 Å². The van der Waals surface area contributed by atoms with Crippen molar-refractivity contribution in [3.8, 4) is 0 Å². The highest BCUT2D eigenvalue weighted by molar-refractivity contribution is 6.06. The number of hydrogen-bond acceptors (Lipinski definition) is 3. The number of amides is 1. The molecule has 1 unspecified atom stereocenters. The lowest BCUT2D eigenvalue weighted by atomic mass is 10.0. The first kappa shape index (κ1) is 15.3. The Kier molecular flexibility index (Phi) is 4.78. The van der Waals surface area contributed by atoms with Crippen LogP contribution in [0.5, 0.6) is 0 Å². The van der Waals surface area contributed by atoms with E-state index in [4.69, 9.17) is 5.73 Å². The van der Waals surface area contributed by atoms with Crippen molar-refractivity contribution in [1.29, 1.82) is 0 Å². The molecule has 0 saturated heterocycles. The van der Waals surface area contributed by atoms with Crippen molar-refractivity contribution in [2.45, 2.75) is 39.7 Å². The average molecular weight is 285 g/mol. The number of rotatable bonds is 5. The maximum Gasteiger partial charge on any atom is 0.252 e. The third-order valence-electron chi connectivity index (χ3n) is 3.54. The molecule has 0 spiro atoms. The van der Waals surface area contributed by atoms with Crippen LogP contribution < -0.4 is 11.1 Å². The molecule has 2 aromatic rings. The largest absolute Gasteiger partial charge is 0.384 e. The van der Waals surface area contributed by atoms with Crippen LogP contribution in [0.25, 0.3) is 10.9 Å². The zero-order valence-corrected chi connectivity index (χ0v) is 12.9. The van der Waals surface area contributed by atoms with Gasteiger partial charge in [-0.05, 0) is 37.8 Å². The highest BCUT2D eigenvalue weighted by atomic mass is 16.1. The van der Waals surface area contributed by atoms with Gasteiger partial charge in [-0.3, -0.25) is 4.79 Å². The molecule has 4 heteroatoms. The predicted molar refractivity (Wildman–Crippen MR) is 87.2 cm³/mol. The summed E-state index contributed by atoms with van der Waals surface area (Å²) in [6, 6.07) is 9.35. The SMILES string of the molecule is CC(C)CCC(C)NC(=O)c1cc(N)nc2ccccc12. The van der Waals surface area contributed by atoms with Crippen molar-refractivity contribution in [2.24, 2.45) is 5.92 Å². The molecular weight excluding hydrogens is 262 g/mol. The molecule has 0 aliphatic heterocycles. The first-order valence-corrected chi connectivity index (χ1v) is 7.43. The monoisotopic (exact) mass is 285 g/mol. The fourth-order valence-electron chi connectivity index (χ4n) is 2.34. The van der Waals surface area contributed by atoms with Crippen LogP contribution in [0, 0.1) is 5.92 Å². The average Bonchev–Trinajstić information content (AvgIpc) is 2.44. The van der Waals surface area contributed by atoms with Crippen LogP contribution in [0.3, 0.4) is 0 Å². The minimum atomic E-state index is -0.0865. The van der Waals surface area contributed by atoms with Crippen molar-refractivity contribution in [3.05, 3.63) is 35.9 Å². The van der Waals surface area contributed by atoms with Crippen molar-refractivity contribution < 1.29 is 4.79 Å². The second kappa shape index (κ2) is 6.57. The fourth-order valence-corrected chi connectivity index (χ4v) is 2.34. The summed E-state index contributed by atoms with van der Waals surface area (Å²) in [7, 11) is 0. The Morgan fingerprint density at radius 2 is 1.95 bits per heavy atom. The number of anilines is 1. The number of pyridine rings is 1. The molecular formula is C17H23N3O. The first-order chi connectivity index (χ1) is 9.97. The number of nitrogens with two attached hydrogens (primary N) is 1. The molecule has 1 heterocycles. The van der Waals surface area contributed by atoms with Gasteiger partial charge in [-0.25, -0.2) is 4.98 Å². The van der Waals surface area contributed by atoms with Crippen LogP contribution in [0.2, 0.25) is 0 Å². The Hall–Kier alpha value is -2.10. The minimum Gasteiger partial charge on any atom is -0.384 e. The topological polar surface area (TPSA) is 68.0 Å². The molecule has 21 heavy (non-hydrogen) atoms. The second-order valence-electron chi connectivity index (χ2n) is 5.96. The lowest BCUT2D eigenvalue weighted by Gasteiger charge is -2.16. The third kappa shape index (κ3) is 3.94. The summed E-state index contributed by atoms with van der Waals surface area (Å²) in [5.41, 5.74) is 7.14. The first-order valence-electron chi connectivity index (χ1n) is 7.43. The number of para-hydroxylation sites is 1. The second-order valence-corrected chi connectivity index (χ2v) is 5.96. The minimum absolute atomic E-state index is 0.0865. The number of benzene rings is 1. The van der Waals surface area contributed by atoms with Crippen molar-refractivity contribution >= 4 is 22.6 Å². The quantitative estimate of drug-likeness (QED) is 0.885. The summed E-state index contributed by atoms with van der Waals surface area (Å²) >= 11 is 0. The molecule has 0 saturated carbocycles. The van der Waals surface area contributed by atoms with Crippen molar-refractivity contribution in [2.75, 3.05) is 5.73 Å². The lowest BCUT2D eigenvalue weighted by molar-refractivity contribution is 0.0939. The van der Waals surface area contributed by atoms with Gasteiger partial charge in [0.1, 0.15) is 5.82 Å². The van der Waals surface area contributed by atoms with Crippen molar-refractivity contribution in [3.63, 3.8) is 0 Å². The van der Waals surface area contributed by atoms with Crippen LogP contribution in [0.1, 0.15) is 44.0 Å². The zero-order chi connectivity index (χ0) is 15.4. The van der Waals surface area contributed by atoms with E-state index < -0.39 is 0 Å². The summed E-state index contributed by atoms with van der Waals surface area (Å²) in [6.45, 7) is 6.41. The summed E-state index contributed by atoms with van der Waals surface area (Å²) in [5.74, 6) is 0.923. The number of aromatic nitrogens is 1. The summed E-state index contributed by atoms with van der Waals surface area (Å²) < 4.78 is 0. The number of fused-ring (bicyclic) bond motifs is 1. The molecule has 2 rings (SSSR count). The van der Waals surface area contributed by atoms with Gasteiger partial charge in [0.25, 0.3) is 5.91 Å². The van der Waals surface area contributed by atoms with Crippen molar-refractivity contribution in [1.82, 2.24) is 10.3 Å². The summed E-state index contributed by atoms with van der Waals surface area (Å²) in [5, 5.41) is 3.88. The Bertz CT molecular complexity index is 637. The standard InChI is InChI=1S/C17H23N3O/c1-11(2)8-9-12(3)19-17(21)14-10-16(18)20-15-7-5-4-6-13(14)15/h4-7,10-12H,8-9H2,1-3H3,(H2,18,20)(H,19,21). The molecule has 0 bridgehead atoms. The number of carbonyl (C=O) groups is 1.